The molecule has 2 N–H and O–H groups in total. The van der Waals surface area contributed by atoms with E-state index >= 15 is 0 Å². The van der Waals surface area contributed by atoms with Gasteiger partial charge in [0.15, 0.2) is 5.96 Å². The van der Waals surface area contributed by atoms with Gasteiger partial charge in [0.2, 0.25) is 0 Å². The second kappa shape index (κ2) is 12.3. The highest BCUT2D eigenvalue weighted by Gasteiger charge is 2.27. The molecule has 0 aromatic heterocycles. The Morgan fingerprint density at radius 3 is 2.21 bits per heavy atom. The number of guanidine groups is 1. The molecule has 24 heavy (non-hydrogen) atoms. The fourth-order valence-electron chi connectivity index (χ4n) is 3.29. The van der Waals surface area contributed by atoms with Gasteiger partial charge in [0.1, 0.15) is 0 Å². The van der Waals surface area contributed by atoms with E-state index in [1.165, 1.54) is 38.8 Å². The van der Waals surface area contributed by atoms with Crippen molar-refractivity contribution in [3.05, 3.63) is 0 Å². The lowest BCUT2D eigenvalue weighted by Gasteiger charge is -2.34. The lowest BCUT2D eigenvalue weighted by atomic mass is 9.93. The summed E-state index contributed by atoms with van der Waals surface area (Å²) in [5.41, 5.74) is -0.193. The molecule has 0 aliphatic carbocycles. The Hall–Kier alpha value is -0.0800. The van der Waals surface area contributed by atoms with Crippen molar-refractivity contribution in [1.29, 1.82) is 0 Å². The molecule has 0 radical (unpaired) electrons. The average Bonchev–Trinajstić information content (AvgIpc) is 3.08. The van der Waals surface area contributed by atoms with Crippen molar-refractivity contribution in [2.75, 3.05) is 40.3 Å². The third-order valence-electron chi connectivity index (χ3n) is 5.14. The van der Waals surface area contributed by atoms with E-state index in [4.69, 9.17) is 4.74 Å². The molecule has 1 rings (SSSR count). The summed E-state index contributed by atoms with van der Waals surface area (Å²) in [5, 5.41) is 6.91. The van der Waals surface area contributed by atoms with E-state index in [1.807, 2.05) is 7.05 Å². The quantitative estimate of drug-likeness (QED) is 0.320. The second-order valence-electron chi connectivity index (χ2n) is 7.16. The standard InChI is InChI=1S/C18H38N4O.HI/c1-7-15(8-2)16(22-11-9-10-12-22)13-20-17(19-5)21-14-18(3,4)23-6;/h15-16H,7-14H2,1-6H3,(H2,19,20,21);1H. The first-order chi connectivity index (χ1) is 11.0. The van der Waals surface area contributed by atoms with Crippen LogP contribution >= 0.6 is 24.0 Å². The van der Waals surface area contributed by atoms with Crippen LogP contribution in [0.25, 0.3) is 0 Å². The van der Waals surface area contributed by atoms with Gasteiger partial charge in [-0.1, -0.05) is 26.7 Å². The third-order valence-corrected chi connectivity index (χ3v) is 5.14. The molecule has 144 valence electrons. The Kier molecular flexibility index (Phi) is 12.3. The number of nitrogens with zero attached hydrogens (tertiary/aromatic N) is 2. The second-order valence-corrected chi connectivity index (χ2v) is 7.16. The zero-order valence-electron chi connectivity index (χ0n) is 16.5. The predicted octanol–water partition coefficient (Wildman–Crippen LogP) is 3.10. The summed E-state index contributed by atoms with van der Waals surface area (Å²) in [5.74, 6) is 1.61. The Morgan fingerprint density at radius 1 is 1.17 bits per heavy atom. The van der Waals surface area contributed by atoms with Crippen LogP contribution in [0, 0.1) is 5.92 Å². The van der Waals surface area contributed by atoms with Crippen molar-refractivity contribution in [3.63, 3.8) is 0 Å². The molecule has 0 saturated carbocycles. The lowest BCUT2D eigenvalue weighted by Crippen LogP contribution is -2.51. The molecule has 1 saturated heterocycles. The van der Waals surface area contributed by atoms with E-state index in [2.05, 4.69) is 48.2 Å². The average molecular weight is 454 g/mol. The van der Waals surface area contributed by atoms with Crippen LogP contribution in [0.2, 0.25) is 0 Å². The van der Waals surface area contributed by atoms with Crippen molar-refractivity contribution in [3.8, 4) is 0 Å². The Morgan fingerprint density at radius 2 is 1.75 bits per heavy atom. The zero-order valence-corrected chi connectivity index (χ0v) is 18.9. The number of hydrogen-bond donors (Lipinski definition) is 2. The Labute approximate surface area is 166 Å². The maximum Gasteiger partial charge on any atom is 0.191 e. The molecule has 1 heterocycles. The van der Waals surface area contributed by atoms with Crippen LogP contribution in [-0.4, -0.2) is 62.8 Å². The van der Waals surface area contributed by atoms with E-state index in [1.54, 1.807) is 7.11 Å². The van der Waals surface area contributed by atoms with Gasteiger partial charge in [0.05, 0.1) is 5.60 Å². The van der Waals surface area contributed by atoms with Crippen LogP contribution in [0.5, 0.6) is 0 Å². The molecule has 0 spiro atoms. The smallest absolute Gasteiger partial charge is 0.191 e. The van der Waals surface area contributed by atoms with E-state index in [-0.39, 0.29) is 29.6 Å². The van der Waals surface area contributed by atoms with Crippen molar-refractivity contribution in [2.24, 2.45) is 10.9 Å². The molecule has 6 heteroatoms. The van der Waals surface area contributed by atoms with Crippen molar-refractivity contribution in [2.45, 2.75) is 65.0 Å². The van der Waals surface area contributed by atoms with Crippen molar-refractivity contribution in [1.82, 2.24) is 15.5 Å². The summed E-state index contributed by atoms with van der Waals surface area (Å²) in [6.07, 6.45) is 5.15. The highest BCUT2D eigenvalue weighted by Crippen LogP contribution is 2.22. The molecule has 0 bridgehead atoms. The Bertz CT molecular complexity index is 351. The SMILES string of the molecule is CCC(CC)C(CNC(=NC)NCC(C)(C)OC)N1CCCC1.I. The first-order valence-electron chi connectivity index (χ1n) is 9.21. The number of halogens is 1. The summed E-state index contributed by atoms with van der Waals surface area (Å²) in [7, 11) is 3.57. The van der Waals surface area contributed by atoms with Crippen LogP contribution in [0.4, 0.5) is 0 Å². The van der Waals surface area contributed by atoms with Gasteiger partial charge < -0.3 is 15.4 Å². The van der Waals surface area contributed by atoms with Gasteiger partial charge in [0, 0.05) is 33.3 Å². The topological polar surface area (TPSA) is 48.9 Å². The van der Waals surface area contributed by atoms with Crippen LogP contribution in [0.3, 0.4) is 0 Å². The lowest BCUT2D eigenvalue weighted by molar-refractivity contribution is 0.0268. The maximum absolute atomic E-state index is 5.46. The van der Waals surface area contributed by atoms with Crippen molar-refractivity contribution < 1.29 is 4.74 Å². The first-order valence-corrected chi connectivity index (χ1v) is 9.21. The zero-order chi connectivity index (χ0) is 17.3. The number of hydrogen-bond acceptors (Lipinski definition) is 3. The molecular formula is C18H39IN4O. The molecule has 1 fully saturated rings. The summed E-state index contributed by atoms with van der Waals surface area (Å²) < 4.78 is 5.46. The molecule has 1 aliphatic rings. The van der Waals surface area contributed by atoms with Crippen LogP contribution < -0.4 is 10.6 Å². The van der Waals surface area contributed by atoms with E-state index in [0.29, 0.717) is 6.04 Å². The number of rotatable bonds is 9. The van der Waals surface area contributed by atoms with Crippen molar-refractivity contribution >= 4 is 29.9 Å². The van der Waals surface area contributed by atoms with Crippen LogP contribution in [0.15, 0.2) is 4.99 Å². The summed E-state index contributed by atoms with van der Waals surface area (Å²) in [4.78, 5) is 7.02. The molecule has 5 nitrogen and oxygen atoms in total. The number of likely N-dealkylation sites (tertiary alicyclic amines) is 1. The molecule has 0 amide bonds. The van der Waals surface area contributed by atoms with Gasteiger partial charge in [-0.25, -0.2) is 0 Å². The number of methoxy groups -OCH3 is 1. The Balaban J connectivity index is 0.00000529. The van der Waals surface area contributed by atoms with Gasteiger partial charge in [-0.3, -0.25) is 9.89 Å². The van der Waals surface area contributed by atoms with Crippen LogP contribution in [0.1, 0.15) is 53.4 Å². The van der Waals surface area contributed by atoms with E-state index in [9.17, 15) is 0 Å². The highest BCUT2D eigenvalue weighted by molar-refractivity contribution is 14.0. The monoisotopic (exact) mass is 454 g/mol. The number of nitrogens with one attached hydrogen (secondary N) is 2. The van der Waals surface area contributed by atoms with Crippen LogP contribution in [-0.2, 0) is 4.74 Å². The largest absolute Gasteiger partial charge is 0.377 e. The molecule has 0 aromatic rings. The molecule has 0 aromatic carbocycles. The summed E-state index contributed by atoms with van der Waals surface area (Å²) in [6.45, 7) is 12.9. The fourth-order valence-corrected chi connectivity index (χ4v) is 3.29. The minimum absolute atomic E-state index is 0. The molecule has 1 unspecified atom stereocenters. The van der Waals surface area contributed by atoms with Gasteiger partial charge in [-0.15, -0.1) is 24.0 Å². The molecule has 1 aliphatic heterocycles. The minimum atomic E-state index is -0.193. The highest BCUT2D eigenvalue weighted by atomic mass is 127. The maximum atomic E-state index is 5.46. The molecule has 1 atom stereocenters. The number of ether oxygens (including phenoxy) is 1. The van der Waals surface area contributed by atoms with Gasteiger partial charge in [-0.05, 0) is 45.7 Å². The third kappa shape index (κ3) is 7.87. The summed E-state index contributed by atoms with van der Waals surface area (Å²) >= 11 is 0. The van der Waals surface area contributed by atoms with Gasteiger partial charge in [-0.2, -0.15) is 0 Å². The fraction of sp³-hybridized carbons (Fsp3) is 0.944. The first kappa shape index (κ1) is 23.9. The van der Waals surface area contributed by atoms with E-state index in [0.717, 1.165) is 25.0 Å². The summed E-state index contributed by atoms with van der Waals surface area (Å²) in [6, 6.07) is 0.599. The normalized spacial score (nSPS) is 17.7. The van der Waals surface area contributed by atoms with Gasteiger partial charge in [0.25, 0.3) is 0 Å². The molecular weight excluding hydrogens is 415 g/mol. The number of aliphatic imine (C=N–C) groups is 1. The minimum Gasteiger partial charge on any atom is -0.377 e. The van der Waals surface area contributed by atoms with Gasteiger partial charge >= 0.3 is 0 Å². The van der Waals surface area contributed by atoms with E-state index < -0.39 is 0 Å². The predicted molar refractivity (Wildman–Crippen MR) is 115 cm³/mol.